The highest BCUT2D eigenvalue weighted by molar-refractivity contribution is 6.06. The Kier molecular flexibility index (Phi) is 9.65. The second kappa shape index (κ2) is 13.6. The smallest absolute Gasteiger partial charge is 0.305 e. The summed E-state index contributed by atoms with van der Waals surface area (Å²) in [5.41, 5.74) is 4.60. The van der Waals surface area contributed by atoms with Crippen LogP contribution in [0.25, 0.3) is 22.3 Å². The monoisotopic (exact) mass is 617 g/mol. The summed E-state index contributed by atoms with van der Waals surface area (Å²) in [6.45, 7) is 6.63. The van der Waals surface area contributed by atoms with Gasteiger partial charge in [-0.25, -0.2) is 4.68 Å². The summed E-state index contributed by atoms with van der Waals surface area (Å²) in [5, 5.41) is 18.0. The topological polar surface area (TPSA) is 130 Å². The Balaban J connectivity index is 1.54. The first-order chi connectivity index (χ1) is 21.6. The average molecular weight is 618 g/mol. The Bertz CT molecular complexity index is 1720. The lowest BCUT2D eigenvalue weighted by molar-refractivity contribution is -0.137. The van der Waals surface area contributed by atoms with Crippen molar-refractivity contribution in [2.24, 2.45) is 5.92 Å². The number of benzene rings is 2. The van der Waals surface area contributed by atoms with E-state index in [1.54, 1.807) is 32.0 Å². The second-order valence-electron chi connectivity index (χ2n) is 11.8. The molecule has 1 fully saturated rings. The van der Waals surface area contributed by atoms with Crippen molar-refractivity contribution in [1.82, 2.24) is 19.3 Å². The van der Waals surface area contributed by atoms with E-state index in [0.717, 1.165) is 34.0 Å². The fraction of sp³-hybridized carbons (Fsp3) is 0.471. The minimum atomic E-state index is -0.954. The molecule has 1 amide bonds. The van der Waals surface area contributed by atoms with Gasteiger partial charge >= 0.3 is 5.97 Å². The number of nitrogens with zero attached hydrogens (tertiary/aromatic N) is 4. The minimum absolute atomic E-state index is 0.113. The molecular formula is C34H43N5O6. The number of amides is 1. The van der Waals surface area contributed by atoms with Crippen LogP contribution in [0.4, 0.5) is 5.95 Å². The molecule has 0 atom stereocenters. The molecule has 4 aromatic rings. The maximum Gasteiger partial charge on any atom is 0.305 e. The van der Waals surface area contributed by atoms with Crippen LogP contribution < -0.4 is 19.5 Å². The minimum Gasteiger partial charge on any atom is -0.496 e. The average Bonchev–Trinajstić information content (AvgIpc) is 3.61. The summed E-state index contributed by atoms with van der Waals surface area (Å²) >= 11 is 0. The second-order valence-corrected chi connectivity index (χ2v) is 11.8. The van der Waals surface area contributed by atoms with E-state index in [0.29, 0.717) is 46.8 Å². The first kappa shape index (κ1) is 31.9. The number of anilines is 1. The molecule has 11 heteroatoms. The zero-order valence-electron chi connectivity index (χ0n) is 27.0. The molecule has 2 aromatic heterocycles. The molecule has 0 radical (unpaired) electrons. The Morgan fingerprint density at radius 2 is 1.62 bits per heavy atom. The van der Waals surface area contributed by atoms with Crippen LogP contribution in [-0.4, -0.2) is 57.6 Å². The molecule has 1 saturated carbocycles. The lowest BCUT2D eigenvalue weighted by Crippen LogP contribution is -2.19. The number of hydrogen-bond acceptors (Lipinski definition) is 7. The van der Waals surface area contributed by atoms with Crippen molar-refractivity contribution < 1.29 is 28.9 Å². The van der Waals surface area contributed by atoms with E-state index in [9.17, 15) is 14.7 Å². The fourth-order valence-electron chi connectivity index (χ4n) is 6.41. The fourth-order valence-corrected chi connectivity index (χ4v) is 6.41. The Morgan fingerprint density at radius 1 is 0.911 bits per heavy atom. The van der Waals surface area contributed by atoms with Crippen LogP contribution in [0.15, 0.2) is 24.3 Å². The van der Waals surface area contributed by atoms with Crippen molar-refractivity contribution in [1.29, 1.82) is 0 Å². The first-order valence-electron chi connectivity index (χ1n) is 15.5. The number of aryl methyl sites for hydroxylation is 4. The van der Waals surface area contributed by atoms with Crippen molar-refractivity contribution in [2.75, 3.05) is 26.6 Å². The number of carbonyl (C=O) groups excluding carboxylic acids is 1. The van der Waals surface area contributed by atoms with Crippen LogP contribution >= 0.6 is 0 Å². The number of hydrogen-bond donors (Lipinski definition) is 2. The zero-order valence-corrected chi connectivity index (χ0v) is 27.0. The maximum absolute atomic E-state index is 13.9. The summed E-state index contributed by atoms with van der Waals surface area (Å²) in [6.07, 6.45) is 7.02. The van der Waals surface area contributed by atoms with E-state index >= 15 is 0 Å². The number of ether oxygens (including phenoxy) is 3. The van der Waals surface area contributed by atoms with Crippen molar-refractivity contribution in [3.05, 3.63) is 46.6 Å². The van der Waals surface area contributed by atoms with Gasteiger partial charge in [0.1, 0.15) is 22.9 Å². The summed E-state index contributed by atoms with van der Waals surface area (Å²) in [4.78, 5) is 30.2. The normalized spacial score (nSPS) is 13.6. The number of carbonyl (C=O) groups is 2. The SMILES string of the molecule is COc1cc(-c2nc(NC(=O)c3cc4c(C)c(C)c(OC)cc4n3CCC(=O)O)nn2CCC2CCCCC2)c(OC)cc1C. The molecule has 0 bridgehead atoms. The van der Waals surface area contributed by atoms with Gasteiger partial charge in [-0.2, -0.15) is 4.98 Å². The highest BCUT2D eigenvalue weighted by atomic mass is 16.5. The molecule has 0 unspecified atom stereocenters. The van der Waals surface area contributed by atoms with Gasteiger partial charge in [0.2, 0.25) is 5.95 Å². The predicted octanol–water partition coefficient (Wildman–Crippen LogP) is 6.55. The first-order valence-corrected chi connectivity index (χ1v) is 15.5. The standard InChI is InChI=1S/C34H43N5O6/c1-20-16-30(45-6)25(18-28(20)43-4)32-35-34(37-39(32)15-12-23-10-8-7-9-11-23)36-33(42)27-17-24-21(2)22(3)29(44-5)19-26(24)38(27)14-13-31(40)41/h16-19,23H,7-15H2,1-6H3,(H,40,41)(H,36,37,42). The third-order valence-electron chi connectivity index (χ3n) is 9.07. The van der Waals surface area contributed by atoms with Crippen LogP contribution in [0, 0.1) is 26.7 Å². The number of carboxylic acid groups (broad SMARTS) is 1. The molecule has 0 saturated heterocycles. The van der Waals surface area contributed by atoms with Gasteiger partial charge in [-0.05, 0) is 68.0 Å². The van der Waals surface area contributed by atoms with Crippen molar-refractivity contribution in [3.63, 3.8) is 0 Å². The van der Waals surface area contributed by atoms with Crippen molar-refractivity contribution >= 4 is 28.7 Å². The largest absolute Gasteiger partial charge is 0.496 e. The van der Waals surface area contributed by atoms with Crippen LogP contribution in [-0.2, 0) is 17.9 Å². The predicted molar refractivity (Wildman–Crippen MR) is 173 cm³/mol. The van der Waals surface area contributed by atoms with Crippen LogP contribution in [0.2, 0.25) is 0 Å². The van der Waals surface area contributed by atoms with Crippen LogP contribution in [0.3, 0.4) is 0 Å². The lowest BCUT2D eigenvalue weighted by atomic mass is 9.87. The van der Waals surface area contributed by atoms with E-state index in [-0.39, 0.29) is 18.9 Å². The van der Waals surface area contributed by atoms with Gasteiger partial charge in [0.15, 0.2) is 5.82 Å². The number of fused-ring (bicyclic) bond motifs is 1. The maximum atomic E-state index is 13.9. The Hall–Kier alpha value is -4.54. The van der Waals surface area contributed by atoms with E-state index in [1.165, 1.54) is 32.1 Å². The molecule has 5 rings (SSSR count). The number of rotatable bonds is 12. The molecule has 11 nitrogen and oxygen atoms in total. The molecule has 1 aliphatic carbocycles. The quantitative estimate of drug-likeness (QED) is 0.183. The summed E-state index contributed by atoms with van der Waals surface area (Å²) in [6, 6.07) is 7.45. The van der Waals surface area contributed by atoms with Crippen LogP contribution in [0.5, 0.6) is 17.2 Å². The Morgan fingerprint density at radius 3 is 2.29 bits per heavy atom. The third-order valence-corrected chi connectivity index (χ3v) is 9.07. The van der Waals surface area contributed by atoms with Gasteiger partial charge < -0.3 is 23.9 Å². The van der Waals surface area contributed by atoms with Gasteiger partial charge in [-0.1, -0.05) is 32.1 Å². The van der Waals surface area contributed by atoms with E-state index in [2.05, 4.69) is 5.32 Å². The number of aromatic nitrogens is 4. The molecule has 0 aliphatic heterocycles. The van der Waals surface area contributed by atoms with E-state index < -0.39 is 11.9 Å². The molecule has 240 valence electrons. The van der Waals surface area contributed by atoms with Crippen molar-refractivity contribution in [3.8, 4) is 28.6 Å². The van der Waals surface area contributed by atoms with Gasteiger partial charge in [0.05, 0.1) is 38.8 Å². The summed E-state index contributed by atoms with van der Waals surface area (Å²) in [5.74, 6) is 1.96. The zero-order chi connectivity index (χ0) is 32.2. The summed E-state index contributed by atoms with van der Waals surface area (Å²) < 4.78 is 20.5. The highest BCUT2D eigenvalue weighted by Crippen LogP contribution is 2.37. The molecule has 1 aliphatic rings. The third kappa shape index (κ3) is 6.62. The molecular weight excluding hydrogens is 574 g/mol. The number of nitrogens with one attached hydrogen (secondary N) is 1. The molecule has 2 N–H and O–H groups in total. The number of aliphatic carboxylic acids is 1. The highest BCUT2D eigenvalue weighted by Gasteiger charge is 2.24. The van der Waals surface area contributed by atoms with Gasteiger partial charge in [0, 0.05) is 24.5 Å². The molecule has 2 aromatic carbocycles. The number of methoxy groups -OCH3 is 3. The van der Waals surface area contributed by atoms with Gasteiger partial charge in [0.25, 0.3) is 5.91 Å². The molecule has 45 heavy (non-hydrogen) atoms. The lowest BCUT2D eigenvalue weighted by Gasteiger charge is -2.21. The van der Waals surface area contributed by atoms with E-state index in [4.69, 9.17) is 24.3 Å². The van der Waals surface area contributed by atoms with Gasteiger partial charge in [-0.3, -0.25) is 14.9 Å². The summed E-state index contributed by atoms with van der Waals surface area (Å²) in [7, 11) is 4.84. The van der Waals surface area contributed by atoms with Crippen molar-refractivity contribution in [2.45, 2.75) is 78.8 Å². The van der Waals surface area contributed by atoms with Gasteiger partial charge in [-0.15, -0.1) is 5.10 Å². The van der Waals surface area contributed by atoms with E-state index in [1.807, 2.05) is 43.7 Å². The molecule has 0 spiro atoms. The van der Waals surface area contributed by atoms with Crippen LogP contribution in [0.1, 0.15) is 72.1 Å². The Labute approximate surface area is 263 Å². The molecule has 2 heterocycles. The number of carboxylic acids is 1.